The molecular weight excluding hydrogens is 336 g/mol. The number of hydrogen-bond donors (Lipinski definition) is 1. The third-order valence-corrected chi connectivity index (χ3v) is 5.37. The first-order chi connectivity index (χ1) is 13.3. The third-order valence-electron chi connectivity index (χ3n) is 5.37. The molecule has 0 bridgehead atoms. The monoisotopic (exact) mass is 366 g/mol. The number of amides is 1. The molecular formula is C23H30N2O2. The molecule has 1 heterocycles. The van der Waals surface area contributed by atoms with Gasteiger partial charge in [-0.2, -0.15) is 0 Å². The first-order valence-electron chi connectivity index (χ1n) is 9.88. The summed E-state index contributed by atoms with van der Waals surface area (Å²) in [5.41, 5.74) is 2.53. The highest BCUT2D eigenvalue weighted by Gasteiger charge is 2.32. The zero-order chi connectivity index (χ0) is 18.9. The Bertz CT molecular complexity index is 651. The number of hydrogen-bond acceptors (Lipinski definition) is 3. The van der Waals surface area contributed by atoms with E-state index in [-0.39, 0.29) is 11.8 Å². The van der Waals surface area contributed by atoms with Gasteiger partial charge in [0.05, 0.1) is 6.61 Å². The molecule has 0 aromatic heterocycles. The molecule has 4 nitrogen and oxygen atoms in total. The van der Waals surface area contributed by atoms with Crippen molar-refractivity contribution in [2.75, 3.05) is 33.4 Å². The molecule has 1 fully saturated rings. The Hall–Kier alpha value is -2.17. The Balaban J connectivity index is 1.70. The largest absolute Gasteiger partial charge is 0.383 e. The van der Waals surface area contributed by atoms with E-state index in [2.05, 4.69) is 58.7 Å². The summed E-state index contributed by atoms with van der Waals surface area (Å²) < 4.78 is 5.08. The van der Waals surface area contributed by atoms with Gasteiger partial charge in [0.25, 0.3) is 0 Å². The summed E-state index contributed by atoms with van der Waals surface area (Å²) in [6, 6.07) is 21.4. The summed E-state index contributed by atoms with van der Waals surface area (Å²) in [6.45, 7) is 3.24. The standard InChI is InChI=1S/C23H30N2O2/c1-27-17-16-24-15-14-21-12-13-23(26)25(21)18-22(19-8-4-2-5-9-19)20-10-6-3-7-11-20/h2-11,21-22,24H,12-18H2,1H3. The highest BCUT2D eigenvalue weighted by Crippen LogP contribution is 2.30. The van der Waals surface area contributed by atoms with Crippen LogP contribution in [0.5, 0.6) is 0 Å². The number of benzene rings is 2. The zero-order valence-corrected chi connectivity index (χ0v) is 16.1. The van der Waals surface area contributed by atoms with Crippen molar-refractivity contribution < 1.29 is 9.53 Å². The minimum absolute atomic E-state index is 0.207. The van der Waals surface area contributed by atoms with E-state index in [1.807, 2.05) is 12.1 Å². The second-order valence-corrected chi connectivity index (χ2v) is 7.14. The van der Waals surface area contributed by atoms with Crippen LogP contribution in [-0.4, -0.2) is 50.2 Å². The summed E-state index contributed by atoms with van der Waals surface area (Å²) in [5, 5.41) is 3.40. The second kappa shape index (κ2) is 10.2. The maximum atomic E-state index is 12.6. The maximum absolute atomic E-state index is 12.6. The second-order valence-electron chi connectivity index (χ2n) is 7.14. The molecule has 1 aliphatic rings. The van der Waals surface area contributed by atoms with E-state index in [1.165, 1.54) is 11.1 Å². The van der Waals surface area contributed by atoms with E-state index in [0.29, 0.717) is 12.5 Å². The maximum Gasteiger partial charge on any atom is 0.222 e. The molecule has 1 amide bonds. The molecule has 0 aliphatic carbocycles. The van der Waals surface area contributed by atoms with Crippen molar-refractivity contribution in [2.45, 2.75) is 31.2 Å². The normalized spacial score (nSPS) is 17.0. The summed E-state index contributed by atoms with van der Waals surface area (Å²) in [6.07, 6.45) is 2.62. The molecule has 4 heteroatoms. The molecule has 27 heavy (non-hydrogen) atoms. The van der Waals surface area contributed by atoms with Crippen LogP contribution in [0.1, 0.15) is 36.3 Å². The van der Waals surface area contributed by atoms with E-state index < -0.39 is 0 Å². The first-order valence-corrected chi connectivity index (χ1v) is 9.88. The van der Waals surface area contributed by atoms with E-state index in [4.69, 9.17) is 4.74 Å². The van der Waals surface area contributed by atoms with E-state index >= 15 is 0 Å². The smallest absolute Gasteiger partial charge is 0.222 e. The number of rotatable bonds is 10. The molecule has 1 saturated heterocycles. The average Bonchev–Trinajstić information content (AvgIpc) is 3.06. The molecule has 1 atom stereocenters. The fourth-order valence-corrected chi connectivity index (χ4v) is 3.88. The van der Waals surface area contributed by atoms with Gasteiger partial charge in [0.1, 0.15) is 0 Å². The lowest BCUT2D eigenvalue weighted by atomic mass is 9.90. The minimum Gasteiger partial charge on any atom is -0.383 e. The van der Waals surface area contributed by atoms with Crippen LogP contribution < -0.4 is 5.32 Å². The van der Waals surface area contributed by atoms with Crippen LogP contribution in [0.2, 0.25) is 0 Å². The van der Waals surface area contributed by atoms with E-state index in [0.717, 1.165) is 39.1 Å². The average molecular weight is 367 g/mol. The minimum atomic E-state index is 0.207. The number of nitrogens with zero attached hydrogens (tertiary/aromatic N) is 1. The lowest BCUT2D eigenvalue weighted by molar-refractivity contribution is -0.129. The summed E-state index contributed by atoms with van der Waals surface area (Å²) in [5.74, 6) is 0.493. The molecule has 1 N–H and O–H groups in total. The van der Waals surface area contributed by atoms with Crippen molar-refractivity contribution in [2.24, 2.45) is 0 Å². The Labute approximate surface area is 162 Å². The predicted molar refractivity (Wildman–Crippen MR) is 109 cm³/mol. The van der Waals surface area contributed by atoms with Gasteiger partial charge >= 0.3 is 0 Å². The van der Waals surface area contributed by atoms with Gasteiger partial charge in [-0.25, -0.2) is 0 Å². The van der Waals surface area contributed by atoms with Crippen molar-refractivity contribution in [1.29, 1.82) is 0 Å². The van der Waals surface area contributed by atoms with Crippen LogP contribution in [-0.2, 0) is 9.53 Å². The van der Waals surface area contributed by atoms with Gasteiger partial charge < -0.3 is 15.0 Å². The lowest BCUT2D eigenvalue weighted by Crippen LogP contribution is -2.38. The van der Waals surface area contributed by atoms with Gasteiger partial charge in [-0.15, -0.1) is 0 Å². The van der Waals surface area contributed by atoms with Gasteiger partial charge in [-0.1, -0.05) is 60.7 Å². The summed E-state index contributed by atoms with van der Waals surface area (Å²) in [7, 11) is 1.71. The van der Waals surface area contributed by atoms with E-state index in [9.17, 15) is 4.79 Å². The van der Waals surface area contributed by atoms with Crippen LogP contribution in [0.15, 0.2) is 60.7 Å². The van der Waals surface area contributed by atoms with Crippen molar-refractivity contribution in [3.05, 3.63) is 71.8 Å². The van der Waals surface area contributed by atoms with Crippen molar-refractivity contribution in [1.82, 2.24) is 10.2 Å². The fourth-order valence-electron chi connectivity index (χ4n) is 3.88. The Morgan fingerprint density at radius 1 is 1.04 bits per heavy atom. The van der Waals surface area contributed by atoms with Crippen LogP contribution in [0.3, 0.4) is 0 Å². The number of carbonyl (C=O) groups is 1. The van der Waals surface area contributed by atoms with Crippen LogP contribution in [0.4, 0.5) is 0 Å². The molecule has 1 unspecified atom stereocenters. The topological polar surface area (TPSA) is 41.6 Å². The predicted octanol–water partition coefficient (Wildman–Crippen LogP) is 3.44. The zero-order valence-electron chi connectivity index (χ0n) is 16.1. The molecule has 0 spiro atoms. The molecule has 0 saturated carbocycles. The van der Waals surface area contributed by atoms with Crippen molar-refractivity contribution >= 4 is 5.91 Å². The Morgan fingerprint density at radius 3 is 2.26 bits per heavy atom. The fraction of sp³-hybridized carbons (Fsp3) is 0.435. The van der Waals surface area contributed by atoms with Crippen LogP contribution in [0, 0.1) is 0 Å². The SMILES string of the molecule is COCCNCCC1CCC(=O)N1CC(c1ccccc1)c1ccccc1. The quantitative estimate of drug-likeness (QED) is 0.655. The number of methoxy groups -OCH3 is 1. The molecule has 2 aromatic carbocycles. The van der Waals surface area contributed by atoms with Gasteiger partial charge in [0.15, 0.2) is 0 Å². The molecule has 144 valence electrons. The van der Waals surface area contributed by atoms with Crippen LogP contribution >= 0.6 is 0 Å². The van der Waals surface area contributed by atoms with Gasteiger partial charge in [-0.05, 0) is 30.5 Å². The molecule has 1 aliphatic heterocycles. The summed E-state index contributed by atoms with van der Waals surface area (Å²) in [4.78, 5) is 14.7. The van der Waals surface area contributed by atoms with Gasteiger partial charge in [0, 0.05) is 38.6 Å². The first kappa shape index (κ1) is 19.6. The third kappa shape index (κ3) is 5.41. The number of carbonyl (C=O) groups excluding carboxylic acids is 1. The molecule has 2 aromatic rings. The Morgan fingerprint density at radius 2 is 1.67 bits per heavy atom. The van der Waals surface area contributed by atoms with Crippen molar-refractivity contribution in [3.63, 3.8) is 0 Å². The number of likely N-dealkylation sites (tertiary alicyclic amines) is 1. The number of ether oxygens (including phenoxy) is 1. The highest BCUT2D eigenvalue weighted by molar-refractivity contribution is 5.79. The van der Waals surface area contributed by atoms with Crippen molar-refractivity contribution in [3.8, 4) is 0 Å². The summed E-state index contributed by atoms with van der Waals surface area (Å²) >= 11 is 0. The highest BCUT2D eigenvalue weighted by atomic mass is 16.5. The molecule has 3 rings (SSSR count). The van der Waals surface area contributed by atoms with Crippen LogP contribution in [0.25, 0.3) is 0 Å². The number of nitrogens with one attached hydrogen (secondary N) is 1. The Kier molecular flexibility index (Phi) is 7.43. The van der Waals surface area contributed by atoms with E-state index in [1.54, 1.807) is 7.11 Å². The van der Waals surface area contributed by atoms with Gasteiger partial charge in [0.2, 0.25) is 5.91 Å². The lowest BCUT2D eigenvalue weighted by Gasteiger charge is -2.30. The molecule has 0 radical (unpaired) electrons. The van der Waals surface area contributed by atoms with Gasteiger partial charge in [-0.3, -0.25) is 4.79 Å².